The third-order valence-corrected chi connectivity index (χ3v) is 9.73. The van der Waals surface area contributed by atoms with Crippen molar-refractivity contribution in [3.05, 3.63) is 29.3 Å². The van der Waals surface area contributed by atoms with E-state index in [0.29, 0.717) is 18.9 Å². The predicted octanol–water partition coefficient (Wildman–Crippen LogP) is 5.65. The Balaban J connectivity index is 1.79. The van der Waals surface area contributed by atoms with Crippen LogP contribution in [0.4, 0.5) is 18.9 Å². The van der Waals surface area contributed by atoms with Crippen molar-refractivity contribution < 1.29 is 22.3 Å². The van der Waals surface area contributed by atoms with Crippen LogP contribution >= 0.6 is 10.8 Å². The van der Waals surface area contributed by atoms with Gasteiger partial charge in [-0.25, -0.2) is 0 Å². The number of anilines is 1. The molecule has 2 saturated carbocycles. The summed E-state index contributed by atoms with van der Waals surface area (Å²) in [5.41, 5.74) is -1.33. The van der Waals surface area contributed by atoms with E-state index in [1.165, 1.54) is 10.4 Å². The van der Waals surface area contributed by atoms with Crippen molar-refractivity contribution in [2.45, 2.75) is 50.0 Å². The van der Waals surface area contributed by atoms with Gasteiger partial charge in [0.25, 0.3) is 0 Å². The van der Waals surface area contributed by atoms with Crippen LogP contribution in [0.25, 0.3) is 0 Å². The van der Waals surface area contributed by atoms with Gasteiger partial charge in [-0.15, -0.1) is 10.8 Å². The monoisotopic (exact) mass is 400 g/mol. The molecule has 1 aromatic rings. The zero-order valence-corrected chi connectivity index (χ0v) is 15.9. The Kier molecular flexibility index (Phi) is 4.22. The van der Waals surface area contributed by atoms with Crippen LogP contribution in [0.15, 0.2) is 18.2 Å². The van der Waals surface area contributed by atoms with Gasteiger partial charge in [0.05, 0.1) is 27.6 Å². The Bertz CT molecular complexity index is 807. The first-order valence-corrected chi connectivity index (χ1v) is 10.8. The topological polar surface area (TPSA) is 67.5 Å². The number of hydrogen-bond acceptors (Lipinski definition) is 4. The maximum Gasteiger partial charge on any atom is 0.417 e. The van der Waals surface area contributed by atoms with E-state index in [1.54, 1.807) is 6.07 Å². The Labute approximate surface area is 158 Å². The molecule has 2 N–H and O–H groups in total. The van der Waals surface area contributed by atoms with Crippen LogP contribution < -0.4 is 4.31 Å². The van der Waals surface area contributed by atoms with Gasteiger partial charge in [0.2, 0.25) is 0 Å². The number of nitrogens with zero attached hydrogens (tertiary/aromatic N) is 2. The molecule has 4 nitrogen and oxygen atoms in total. The second-order valence-corrected chi connectivity index (χ2v) is 10.2. The minimum absolute atomic E-state index is 0.103. The summed E-state index contributed by atoms with van der Waals surface area (Å²) in [7, 11) is -3.27. The van der Waals surface area contributed by atoms with Crippen LogP contribution in [0.1, 0.15) is 50.2 Å². The van der Waals surface area contributed by atoms with Crippen molar-refractivity contribution in [1.29, 1.82) is 5.26 Å². The van der Waals surface area contributed by atoms with Gasteiger partial charge in [-0.3, -0.25) is 13.4 Å². The zero-order valence-electron chi connectivity index (χ0n) is 15.0. The highest BCUT2D eigenvalue weighted by molar-refractivity contribution is 8.26. The molecule has 3 fully saturated rings. The van der Waals surface area contributed by atoms with Gasteiger partial charge in [-0.1, -0.05) is 13.3 Å². The van der Waals surface area contributed by atoms with E-state index in [9.17, 15) is 22.3 Å². The minimum Gasteiger partial charge on any atom is -0.281 e. The predicted molar refractivity (Wildman–Crippen MR) is 98.3 cm³/mol. The highest BCUT2D eigenvalue weighted by Gasteiger charge is 2.69. The number of rotatable bonds is 3. The van der Waals surface area contributed by atoms with Gasteiger partial charge in [0.1, 0.15) is 0 Å². The molecule has 1 aliphatic heterocycles. The fraction of sp³-hybridized carbons (Fsp3) is 0.632. The van der Waals surface area contributed by atoms with Crippen LogP contribution in [0.3, 0.4) is 0 Å². The van der Waals surface area contributed by atoms with E-state index in [0.717, 1.165) is 37.8 Å². The fourth-order valence-corrected chi connectivity index (χ4v) is 8.93. The largest absolute Gasteiger partial charge is 0.417 e. The van der Waals surface area contributed by atoms with Gasteiger partial charge in [-0.2, -0.15) is 18.4 Å². The number of halogens is 3. The van der Waals surface area contributed by atoms with Crippen LogP contribution in [0.5, 0.6) is 0 Å². The van der Waals surface area contributed by atoms with E-state index in [-0.39, 0.29) is 17.5 Å². The van der Waals surface area contributed by atoms with Gasteiger partial charge in [-0.05, 0) is 55.7 Å². The molecule has 0 radical (unpaired) electrons. The van der Waals surface area contributed by atoms with E-state index in [4.69, 9.17) is 5.26 Å². The number of hydrogen-bond donors (Lipinski definition) is 2. The molecule has 1 heterocycles. The third-order valence-electron chi connectivity index (χ3n) is 6.90. The lowest BCUT2D eigenvalue weighted by molar-refractivity contribution is -0.137. The molecule has 4 atom stereocenters. The molecule has 0 spiro atoms. The van der Waals surface area contributed by atoms with Crippen LogP contribution in [0, 0.1) is 29.1 Å². The molecular formula is C19H23F3N2O2S. The first-order valence-electron chi connectivity index (χ1n) is 9.33. The first-order chi connectivity index (χ1) is 12.7. The Hall–Kier alpha value is -1.43. The van der Waals surface area contributed by atoms with E-state index < -0.39 is 32.8 Å². The maximum absolute atomic E-state index is 13.4. The van der Waals surface area contributed by atoms with Crippen LogP contribution in [0.2, 0.25) is 0 Å². The van der Waals surface area contributed by atoms with E-state index >= 15 is 0 Å². The van der Waals surface area contributed by atoms with Crippen molar-refractivity contribution in [3.8, 4) is 6.07 Å². The molecule has 2 bridgehead atoms. The normalized spacial score (nSPS) is 35.1. The van der Waals surface area contributed by atoms with E-state index in [1.807, 2.05) is 6.92 Å². The summed E-state index contributed by atoms with van der Waals surface area (Å²) in [5.74, 6) is 0.743. The summed E-state index contributed by atoms with van der Waals surface area (Å²) in [6.45, 7) is 2.38. The summed E-state index contributed by atoms with van der Waals surface area (Å²) in [4.78, 5) is 0. The second kappa shape index (κ2) is 6.03. The fourth-order valence-electron chi connectivity index (χ4n) is 5.93. The van der Waals surface area contributed by atoms with Crippen LogP contribution in [-0.2, 0) is 6.18 Å². The van der Waals surface area contributed by atoms with Crippen LogP contribution in [-0.4, -0.2) is 20.4 Å². The highest BCUT2D eigenvalue weighted by Crippen LogP contribution is 2.77. The molecule has 0 aromatic heterocycles. The van der Waals surface area contributed by atoms with Gasteiger partial charge < -0.3 is 0 Å². The Morgan fingerprint density at radius 1 is 1.33 bits per heavy atom. The van der Waals surface area contributed by atoms with Gasteiger partial charge >= 0.3 is 6.18 Å². The number of fused-ring (bicyclic) bond motifs is 5. The molecule has 2 aliphatic carbocycles. The van der Waals surface area contributed by atoms with Gasteiger partial charge in [0, 0.05) is 12.5 Å². The average molecular weight is 400 g/mol. The summed E-state index contributed by atoms with van der Waals surface area (Å²) in [6, 6.07) is 5.01. The standard InChI is InChI=1S/C19H23F3N2O2S/c1-2-7-18-14-5-3-12(8-14)17(18)11-24(27(18,25)26)15-6-4-13(10-23)16(9-15)19(20,21)22/h4,6,9,12,14,17,25-26H,2-3,5,7-8,11H2,1H3/t12-,14+,17-,18+/m0/s1. The zero-order chi connectivity index (χ0) is 19.6. The quantitative estimate of drug-likeness (QED) is 0.688. The third kappa shape index (κ3) is 2.44. The maximum atomic E-state index is 13.4. The molecule has 1 saturated heterocycles. The molecule has 0 unspecified atom stereocenters. The molecule has 1 aromatic carbocycles. The second-order valence-electron chi connectivity index (χ2n) is 8.00. The highest BCUT2D eigenvalue weighted by atomic mass is 32.3. The Morgan fingerprint density at radius 3 is 2.70 bits per heavy atom. The lowest BCUT2D eigenvalue weighted by Crippen LogP contribution is -2.44. The van der Waals surface area contributed by atoms with Crippen molar-refractivity contribution in [2.75, 3.05) is 10.8 Å². The molecule has 4 rings (SSSR count). The Morgan fingerprint density at radius 2 is 2.07 bits per heavy atom. The number of nitriles is 1. The number of alkyl halides is 3. The average Bonchev–Trinajstić information content (AvgIpc) is 3.25. The summed E-state index contributed by atoms with van der Waals surface area (Å²) < 4.78 is 63.5. The SMILES string of the molecule is CCC[C@@]12[C@@H]3CC[C@@H](C3)[C@@H]1CN(c1ccc(C#N)c(C(F)(F)F)c1)S2(O)O. The van der Waals surface area contributed by atoms with Gasteiger partial charge in [0.15, 0.2) is 0 Å². The number of benzene rings is 1. The summed E-state index contributed by atoms with van der Waals surface area (Å²) >= 11 is 0. The first kappa shape index (κ1) is 18.9. The molecule has 3 aliphatic rings. The smallest absolute Gasteiger partial charge is 0.281 e. The lowest BCUT2D eigenvalue weighted by atomic mass is 9.76. The molecule has 148 valence electrons. The van der Waals surface area contributed by atoms with E-state index in [2.05, 4.69) is 0 Å². The molecular weight excluding hydrogens is 377 g/mol. The summed E-state index contributed by atoms with van der Waals surface area (Å²) in [6.07, 6.45) is -0.155. The summed E-state index contributed by atoms with van der Waals surface area (Å²) in [5, 5.41) is 9.00. The molecule has 0 amide bonds. The molecule has 8 heteroatoms. The molecule has 27 heavy (non-hydrogen) atoms. The van der Waals surface area contributed by atoms with Crippen molar-refractivity contribution in [1.82, 2.24) is 0 Å². The lowest BCUT2D eigenvalue weighted by Gasteiger charge is -2.53. The minimum atomic E-state index is -4.67. The van der Waals surface area contributed by atoms with Crippen molar-refractivity contribution >= 4 is 16.5 Å². The van der Waals surface area contributed by atoms with Crippen molar-refractivity contribution in [2.24, 2.45) is 17.8 Å². The van der Waals surface area contributed by atoms with Crippen molar-refractivity contribution in [3.63, 3.8) is 0 Å².